The van der Waals surface area contributed by atoms with Crippen LogP contribution in [0.5, 0.6) is 0 Å². The Kier molecular flexibility index (Phi) is 3.41. The second-order valence-electron chi connectivity index (χ2n) is 4.38. The maximum Gasteiger partial charge on any atom is 0.252 e. The highest BCUT2D eigenvalue weighted by atomic mass is 16.1. The van der Waals surface area contributed by atoms with Crippen LogP contribution in [0.1, 0.15) is 40.3 Å². The molecular formula is C13H16N4O. The van der Waals surface area contributed by atoms with Crippen LogP contribution in [0.4, 0.5) is 0 Å². The summed E-state index contributed by atoms with van der Waals surface area (Å²) in [5.41, 5.74) is 2.80. The highest BCUT2D eigenvalue weighted by Crippen LogP contribution is 2.12. The number of amides is 1. The van der Waals surface area contributed by atoms with Gasteiger partial charge in [0.25, 0.3) is 5.91 Å². The lowest BCUT2D eigenvalue weighted by atomic mass is 10.0. The van der Waals surface area contributed by atoms with Crippen molar-refractivity contribution in [3.63, 3.8) is 0 Å². The molecule has 1 heterocycles. The Hall–Kier alpha value is -2.17. The molecule has 1 aromatic heterocycles. The molecule has 1 unspecified atom stereocenters. The van der Waals surface area contributed by atoms with E-state index in [1.807, 2.05) is 39.0 Å². The lowest BCUT2D eigenvalue weighted by molar-refractivity contribution is 0.0937. The maximum atomic E-state index is 12.1. The third kappa shape index (κ3) is 2.56. The maximum absolute atomic E-state index is 12.1. The summed E-state index contributed by atoms with van der Waals surface area (Å²) in [7, 11) is 0. The van der Waals surface area contributed by atoms with Crippen LogP contribution in [0, 0.1) is 13.8 Å². The topological polar surface area (TPSA) is 70.7 Å². The zero-order chi connectivity index (χ0) is 13.1. The number of nitrogens with one attached hydrogen (secondary N) is 2. The van der Waals surface area contributed by atoms with E-state index >= 15 is 0 Å². The van der Waals surface area contributed by atoms with Gasteiger partial charge in [0.1, 0.15) is 12.2 Å². The number of benzene rings is 1. The quantitative estimate of drug-likeness (QED) is 0.866. The molecular weight excluding hydrogens is 228 g/mol. The van der Waals surface area contributed by atoms with Crippen LogP contribution in [0.15, 0.2) is 24.5 Å². The fourth-order valence-electron chi connectivity index (χ4n) is 1.83. The van der Waals surface area contributed by atoms with Gasteiger partial charge in [-0.1, -0.05) is 17.7 Å². The van der Waals surface area contributed by atoms with Crippen molar-refractivity contribution in [1.29, 1.82) is 0 Å². The number of carbonyl (C=O) groups excluding carboxylic acids is 1. The number of hydrogen-bond acceptors (Lipinski definition) is 3. The second kappa shape index (κ2) is 5.00. The van der Waals surface area contributed by atoms with Gasteiger partial charge in [-0.3, -0.25) is 9.89 Å². The molecule has 0 aliphatic carbocycles. The van der Waals surface area contributed by atoms with Gasteiger partial charge < -0.3 is 5.32 Å². The zero-order valence-electron chi connectivity index (χ0n) is 10.7. The Morgan fingerprint density at radius 1 is 1.39 bits per heavy atom. The van der Waals surface area contributed by atoms with E-state index in [9.17, 15) is 4.79 Å². The predicted octanol–water partition coefficient (Wildman–Crippen LogP) is 1.91. The summed E-state index contributed by atoms with van der Waals surface area (Å²) in [6, 6.07) is 5.57. The highest BCUT2D eigenvalue weighted by Gasteiger charge is 2.14. The smallest absolute Gasteiger partial charge is 0.252 e. The van der Waals surface area contributed by atoms with Gasteiger partial charge in [-0.15, -0.1) is 0 Å². The molecule has 0 radical (unpaired) electrons. The van der Waals surface area contributed by atoms with E-state index in [2.05, 4.69) is 20.5 Å². The van der Waals surface area contributed by atoms with Crippen molar-refractivity contribution < 1.29 is 4.79 Å². The minimum absolute atomic E-state index is 0.101. The summed E-state index contributed by atoms with van der Waals surface area (Å²) in [6.07, 6.45) is 1.43. The monoisotopic (exact) mass is 244 g/mol. The number of aromatic nitrogens is 3. The highest BCUT2D eigenvalue weighted by molar-refractivity contribution is 5.95. The van der Waals surface area contributed by atoms with Gasteiger partial charge in [0, 0.05) is 5.56 Å². The van der Waals surface area contributed by atoms with Crippen LogP contribution < -0.4 is 5.32 Å². The third-order valence-corrected chi connectivity index (χ3v) is 2.82. The molecule has 0 aliphatic rings. The first-order valence-electron chi connectivity index (χ1n) is 5.81. The standard InChI is InChI=1S/C13H16N4O/c1-8-4-5-11(9(2)6-8)13(18)16-10(3)12-14-7-15-17-12/h4-7,10H,1-3H3,(H,16,18)(H,14,15,17). The SMILES string of the molecule is Cc1ccc(C(=O)NC(C)c2ncn[nH]2)c(C)c1. The first kappa shape index (κ1) is 12.3. The van der Waals surface area contributed by atoms with Gasteiger partial charge >= 0.3 is 0 Å². The van der Waals surface area contributed by atoms with Gasteiger partial charge in [-0.2, -0.15) is 5.10 Å². The summed E-state index contributed by atoms with van der Waals surface area (Å²) in [6.45, 7) is 5.80. The molecule has 5 nitrogen and oxygen atoms in total. The fraction of sp³-hybridized carbons (Fsp3) is 0.308. The van der Waals surface area contributed by atoms with Crippen molar-refractivity contribution >= 4 is 5.91 Å². The Balaban J connectivity index is 2.12. The lowest BCUT2D eigenvalue weighted by Crippen LogP contribution is -2.28. The average molecular weight is 244 g/mol. The molecule has 0 saturated heterocycles. The molecule has 2 N–H and O–H groups in total. The lowest BCUT2D eigenvalue weighted by Gasteiger charge is -2.12. The zero-order valence-corrected chi connectivity index (χ0v) is 10.7. The van der Waals surface area contributed by atoms with Gasteiger partial charge in [0.2, 0.25) is 0 Å². The molecule has 0 bridgehead atoms. The van der Waals surface area contributed by atoms with Crippen LogP contribution in [0.3, 0.4) is 0 Å². The third-order valence-electron chi connectivity index (χ3n) is 2.82. The first-order chi connectivity index (χ1) is 8.58. The number of H-pyrrole nitrogens is 1. The molecule has 0 saturated carbocycles. The number of rotatable bonds is 3. The molecule has 94 valence electrons. The Labute approximate surface area is 106 Å². The minimum Gasteiger partial charge on any atom is -0.342 e. The number of nitrogens with zero attached hydrogens (tertiary/aromatic N) is 2. The van der Waals surface area contributed by atoms with Gasteiger partial charge in [0.05, 0.1) is 6.04 Å². The molecule has 0 spiro atoms. The summed E-state index contributed by atoms with van der Waals surface area (Å²) in [4.78, 5) is 16.1. The Morgan fingerprint density at radius 2 is 2.17 bits per heavy atom. The number of aromatic amines is 1. The molecule has 1 aromatic carbocycles. The van der Waals surface area contributed by atoms with Crippen molar-refractivity contribution in [3.8, 4) is 0 Å². The molecule has 0 aliphatic heterocycles. The molecule has 5 heteroatoms. The van der Waals surface area contributed by atoms with Gasteiger partial charge in [-0.25, -0.2) is 4.98 Å². The molecule has 2 rings (SSSR count). The first-order valence-corrected chi connectivity index (χ1v) is 5.81. The van der Waals surface area contributed by atoms with Crippen LogP contribution >= 0.6 is 0 Å². The Bertz CT molecular complexity index is 548. The van der Waals surface area contributed by atoms with Gasteiger partial charge in [0.15, 0.2) is 0 Å². The normalized spacial score (nSPS) is 12.2. The van der Waals surface area contributed by atoms with E-state index in [0.29, 0.717) is 11.4 Å². The van der Waals surface area contributed by atoms with Crippen molar-refractivity contribution in [2.75, 3.05) is 0 Å². The molecule has 1 atom stereocenters. The largest absolute Gasteiger partial charge is 0.342 e. The molecule has 18 heavy (non-hydrogen) atoms. The van der Waals surface area contributed by atoms with Crippen molar-refractivity contribution in [2.24, 2.45) is 0 Å². The summed E-state index contributed by atoms with van der Waals surface area (Å²) in [5, 5.41) is 9.39. The summed E-state index contributed by atoms with van der Waals surface area (Å²) in [5.74, 6) is 0.546. The van der Waals surface area contributed by atoms with Crippen molar-refractivity contribution in [1.82, 2.24) is 20.5 Å². The molecule has 1 amide bonds. The average Bonchev–Trinajstić information content (AvgIpc) is 2.81. The minimum atomic E-state index is -0.194. The van der Waals surface area contributed by atoms with Gasteiger partial charge in [-0.05, 0) is 32.4 Å². The fourth-order valence-corrected chi connectivity index (χ4v) is 1.83. The van der Waals surface area contributed by atoms with E-state index in [0.717, 1.165) is 11.1 Å². The predicted molar refractivity (Wildman–Crippen MR) is 68.2 cm³/mol. The van der Waals surface area contributed by atoms with Crippen LogP contribution in [-0.4, -0.2) is 21.1 Å². The second-order valence-corrected chi connectivity index (χ2v) is 4.38. The van der Waals surface area contributed by atoms with E-state index in [4.69, 9.17) is 0 Å². The van der Waals surface area contributed by atoms with E-state index in [1.54, 1.807) is 0 Å². The van der Waals surface area contributed by atoms with Crippen LogP contribution in [0.2, 0.25) is 0 Å². The molecule has 0 fully saturated rings. The van der Waals surface area contributed by atoms with Crippen molar-refractivity contribution in [3.05, 3.63) is 47.0 Å². The number of aryl methyl sites for hydroxylation is 2. The van der Waals surface area contributed by atoms with E-state index in [-0.39, 0.29) is 11.9 Å². The van der Waals surface area contributed by atoms with Crippen molar-refractivity contribution in [2.45, 2.75) is 26.8 Å². The Morgan fingerprint density at radius 3 is 2.78 bits per heavy atom. The summed E-state index contributed by atoms with van der Waals surface area (Å²) < 4.78 is 0. The number of hydrogen-bond donors (Lipinski definition) is 2. The van der Waals surface area contributed by atoms with E-state index < -0.39 is 0 Å². The van der Waals surface area contributed by atoms with Crippen LogP contribution in [-0.2, 0) is 0 Å². The molecule has 2 aromatic rings. The summed E-state index contributed by atoms with van der Waals surface area (Å²) >= 11 is 0. The number of carbonyl (C=O) groups is 1. The van der Waals surface area contributed by atoms with Crippen LogP contribution in [0.25, 0.3) is 0 Å². The van der Waals surface area contributed by atoms with E-state index in [1.165, 1.54) is 6.33 Å².